The van der Waals surface area contributed by atoms with E-state index < -0.39 is 0 Å². The van der Waals surface area contributed by atoms with Crippen LogP contribution in [0.3, 0.4) is 0 Å². The molecular formula is C78H88Cl2SiZr-2. The van der Waals surface area contributed by atoms with E-state index in [-0.39, 0.29) is 51.9 Å². The third-order valence-electron chi connectivity index (χ3n) is 16.0. The molecule has 0 bridgehead atoms. The van der Waals surface area contributed by atoms with Crippen LogP contribution in [-0.4, -0.2) is 5.43 Å². The minimum atomic E-state index is 0. The van der Waals surface area contributed by atoms with E-state index in [1.165, 1.54) is 111 Å². The molecule has 0 aromatic heterocycles. The Bertz CT molecular complexity index is 3210. The maximum atomic E-state index is 2.44. The van der Waals surface area contributed by atoms with Crippen LogP contribution in [0.2, 0.25) is 13.1 Å². The second-order valence-corrected chi connectivity index (χ2v) is 36.4. The molecule has 424 valence electrons. The molecule has 0 saturated carbocycles. The molecule has 2 atom stereocenters. The van der Waals surface area contributed by atoms with E-state index in [1.807, 2.05) is 0 Å². The molecule has 4 heteroatoms. The zero-order chi connectivity index (χ0) is 57.7. The Labute approximate surface area is 522 Å². The summed E-state index contributed by atoms with van der Waals surface area (Å²) in [6.45, 7) is 36.6. The molecule has 10 aromatic rings. The fourth-order valence-electron chi connectivity index (χ4n) is 11.1. The van der Waals surface area contributed by atoms with Crippen molar-refractivity contribution >= 4 is 27.0 Å². The van der Waals surface area contributed by atoms with Crippen molar-refractivity contribution in [3.63, 3.8) is 0 Å². The summed E-state index contributed by atoms with van der Waals surface area (Å²) in [6.07, 6.45) is 2.06. The van der Waals surface area contributed by atoms with Gasteiger partial charge in [0, 0.05) is 0 Å². The molecule has 0 saturated heterocycles. The van der Waals surface area contributed by atoms with Crippen molar-refractivity contribution in [2.45, 2.75) is 156 Å². The Balaban J connectivity index is 0.000000242. The van der Waals surface area contributed by atoms with Gasteiger partial charge in [0.25, 0.3) is 0 Å². The van der Waals surface area contributed by atoms with Crippen LogP contribution in [0.25, 0.3) is 66.1 Å². The number of hydrogen-bond acceptors (Lipinski definition) is 0. The predicted octanol–water partition coefficient (Wildman–Crippen LogP) is 16.5. The minimum absolute atomic E-state index is 0. The molecule has 0 radical (unpaired) electrons. The van der Waals surface area contributed by atoms with Crippen LogP contribution in [0.4, 0.5) is 0 Å². The summed E-state index contributed by atoms with van der Waals surface area (Å²) in [6, 6.07) is 77.6. The van der Waals surface area contributed by atoms with E-state index in [4.69, 9.17) is 0 Å². The van der Waals surface area contributed by atoms with Crippen molar-refractivity contribution in [2.75, 3.05) is 0 Å². The summed E-state index contributed by atoms with van der Waals surface area (Å²) in [7, 11) is 0. The Hall–Kier alpha value is -5.34. The Morgan fingerprint density at radius 1 is 0.354 bits per heavy atom. The molecule has 0 spiro atoms. The molecule has 0 amide bonds. The zero-order valence-corrected chi connectivity index (χ0v) is 56.9. The van der Waals surface area contributed by atoms with Gasteiger partial charge in [0.1, 0.15) is 0 Å². The van der Waals surface area contributed by atoms with Gasteiger partial charge in [-0.1, -0.05) is 312 Å². The van der Waals surface area contributed by atoms with Crippen molar-refractivity contribution in [1.82, 2.24) is 0 Å². The average molecular weight is 1220 g/mol. The summed E-state index contributed by atoms with van der Waals surface area (Å²) in [5.41, 5.74) is 22.3. The van der Waals surface area contributed by atoms with E-state index in [1.54, 1.807) is 23.3 Å². The Morgan fingerprint density at radius 2 is 0.585 bits per heavy atom. The topological polar surface area (TPSA) is 0 Å². The van der Waals surface area contributed by atoms with Crippen LogP contribution in [-0.2, 0) is 57.8 Å². The van der Waals surface area contributed by atoms with Crippen molar-refractivity contribution in [2.24, 2.45) is 0 Å². The fraction of sp³-hybridized carbons (Fsp3) is 0.308. The smallest absolute Gasteiger partial charge is 1.00 e. The van der Waals surface area contributed by atoms with Gasteiger partial charge in [0.15, 0.2) is 0 Å². The monoisotopic (exact) mass is 1210 g/mol. The van der Waals surface area contributed by atoms with Crippen LogP contribution >= 0.6 is 0 Å². The predicted molar refractivity (Wildman–Crippen MR) is 350 cm³/mol. The maximum absolute atomic E-state index is 2.44. The first-order valence-electron chi connectivity index (χ1n) is 29.2. The van der Waals surface area contributed by atoms with E-state index >= 15 is 0 Å². The number of halogens is 2. The van der Waals surface area contributed by atoms with Crippen molar-refractivity contribution in [3.05, 3.63) is 251 Å². The third-order valence-corrected chi connectivity index (χ3v) is 16.0. The molecule has 0 aliphatic heterocycles. The largest absolute Gasteiger partial charge is 1.00 e. The Morgan fingerprint density at radius 3 is 0.829 bits per heavy atom. The number of fused-ring (bicyclic) bond motifs is 2. The maximum Gasteiger partial charge on any atom is -1.00 e. The molecular weight excluding hydrogens is 1130 g/mol. The van der Waals surface area contributed by atoms with Gasteiger partial charge in [0.05, 0.1) is 0 Å². The SMILES string of the molecule is CC(Cc1cc2c(-c3ccc(C(C)(C)C)cc3)ccc(-c3ccc(C(C)(C)C)cc3)c2[cH-]1)c1ccccc1.CC(Cc1cc2c(-c3ccc(C(C)(C)C)cc3)ccc(-c3ccc(C(C)(C)C)cc3)c2[cH-]1)c1ccccc1.C[Si](C)=[Zr+2].[Cl-].[Cl-]. The van der Waals surface area contributed by atoms with Crippen LogP contribution in [0.15, 0.2) is 206 Å². The average Bonchev–Trinajstić information content (AvgIpc) is 4.27. The van der Waals surface area contributed by atoms with Crippen molar-refractivity contribution in [3.8, 4) is 44.5 Å². The van der Waals surface area contributed by atoms with E-state index in [2.05, 4.69) is 316 Å². The normalized spacial score (nSPS) is 12.5. The fourth-order valence-corrected chi connectivity index (χ4v) is 11.1. The number of hydrogen-bond donors (Lipinski definition) is 0. The summed E-state index contributed by atoms with van der Waals surface area (Å²) in [5, 5.41) is 5.39. The number of benzene rings is 8. The van der Waals surface area contributed by atoms with Crippen molar-refractivity contribution in [1.29, 1.82) is 0 Å². The van der Waals surface area contributed by atoms with Gasteiger partial charge in [0.2, 0.25) is 0 Å². The van der Waals surface area contributed by atoms with Gasteiger partial charge < -0.3 is 24.8 Å². The van der Waals surface area contributed by atoms with E-state index in [0.717, 1.165) is 12.8 Å². The molecule has 0 aliphatic carbocycles. The Kier molecular flexibility index (Phi) is 22.1. The van der Waals surface area contributed by atoms with Gasteiger partial charge in [-0.3, -0.25) is 0 Å². The summed E-state index contributed by atoms with van der Waals surface area (Å²) < 4.78 is 0. The van der Waals surface area contributed by atoms with Crippen LogP contribution < -0.4 is 24.8 Å². The molecule has 0 nitrogen and oxygen atoms in total. The molecule has 10 aromatic carbocycles. The zero-order valence-electron chi connectivity index (χ0n) is 52.0. The summed E-state index contributed by atoms with van der Waals surface area (Å²) in [4.78, 5) is 0. The van der Waals surface area contributed by atoms with Gasteiger partial charge >= 0.3 is 41.9 Å². The van der Waals surface area contributed by atoms with E-state index in [0.29, 0.717) is 11.8 Å². The standard InChI is InChI=1S/2C38H41.C2H6Si.2ClH.Zr/c2*1-26(28-11-9-8-10-12-28)23-27-24-35-33(29-13-17-31(18-14-29)37(2,3)4)21-22-34(36(35)25-27)30-15-19-32(20-16-30)38(5,6)7;1-3-2;;;/h2*8-22,24-26H,23H2,1-7H3;1-2H3;2*1H;/q2*-1;;;;+2/p-2. The van der Waals surface area contributed by atoms with Crippen molar-refractivity contribution < 1.29 is 48.1 Å². The summed E-state index contributed by atoms with van der Waals surface area (Å²) >= 11 is 1.74. The molecule has 0 heterocycles. The molecule has 10 rings (SSSR count). The molecule has 0 N–H and O–H groups in total. The third kappa shape index (κ3) is 16.5. The summed E-state index contributed by atoms with van der Waals surface area (Å²) in [5.74, 6) is 0.939. The van der Waals surface area contributed by atoms with Gasteiger partial charge in [-0.25, -0.2) is 0 Å². The van der Waals surface area contributed by atoms with Crippen LogP contribution in [0.5, 0.6) is 0 Å². The van der Waals surface area contributed by atoms with Crippen LogP contribution in [0.1, 0.15) is 153 Å². The minimum Gasteiger partial charge on any atom is -1.00 e. The van der Waals surface area contributed by atoms with Crippen LogP contribution in [0, 0.1) is 0 Å². The van der Waals surface area contributed by atoms with Gasteiger partial charge in [-0.2, -0.15) is 12.1 Å². The molecule has 2 unspecified atom stereocenters. The molecule has 82 heavy (non-hydrogen) atoms. The van der Waals surface area contributed by atoms with Gasteiger partial charge in [-0.05, 0) is 90.8 Å². The second kappa shape index (κ2) is 27.6. The molecule has 0 fully saturated rings. The first-order chi connectivity index (χ1) is 37.7. The molecule has 0 aliphatic rings. The second-order valence-electron chi connectivity index (χ2n) is 27.0. The number of rotatable bonds is 10. The first-order valence-corrected chi connectivity index (χ1v) is 35.4. The van der Waals surface area contributed by atoms with Gasteiger partial charge in [-0.15, -0.1) is 44.8 Å². The quantitative estimate of drug-likeness (QED) is 0.0946. The first kappa shape index (κ1) is 65.8. The van der Waals surface area contributed by atoms with E-state index in [9.17, 15) is 0 Å².